The average Bonchev–Trinajstić information content (AvgIpc) is 2.30. The Kier molecular flexibility index (Phi) is 5.09. The van der Waals surface area contributed by atoms with E-state index in [1.54, 1.807) is 0 Å². The quantitative estimate of drug-likeness (QED) is 0.574. The molecule has 88 valence electrons. The van der Waals surface area contributed by atoms with Gasteiger partial charge in [-0.25, -0.2) is 0 Å². The molecule has 0 aromatic carbocycles. The van der Waals surface area contributed by atoms with Crippen molar-refractivity contribution in [1.82, 2.24) is 4.90 Å². The Morgan fingerprint density at radius 3 is 2.53 bits per heavy atom. The standard InChI is InChI=1S/C12H24N2O/c1-4-10-9-14(11(5-2)6-3)8-7-12(10)13-15/h10-11,15H,4-9H2,1-3H3. The van der Waals surface area contributed by atoms with Crippen LogP contribution in [-0.2, 0) is 0 Å². The lowest BCUT2D eigenvalue weighted by Crippen LogP contribution is -2.45. The summed E-state index contributed by atoms with van der Waals surface area (Å²) in [6.07, 6.45) is 4.46. The summed E-state index contributed by atoms with van der Waals surface area (Å²) in [5, 5.41) is 12.3. The average molecular weight is 212 g/mol. The minimum absolute atomic E-state index is 0.462. The molecule has 0 amide bonds. The zero-order valence-electron chi connectivity index (χ0n) is 10.2. The van der Waals surface area contributed by atoms with Gasteiger partial charge in [0.1, 0.15) is 0 Å². The summed E-state index contributed by atoms with van der Waals surface area (Å²) in [6, 6.07) is 0.708. The molecule has 1 aliphatic heterocycles. The fraction of sp³-hybridized carbons (Fsp3) is 0.917. The summed E-state index contributed by atoms with van der Waals surface area (Å²) >= 11 is 0. The minimum atomic E-state index is 0.462. The fourth-order valence-corrected chi connectivity index (χ4v) is 2.58. The normalized spacial score (nSPS) is 26.4. The van der Waals surface area contributed by atoms with E-state index in [4.69, 9.17) is 5.21 Å². The van der Waals surface area contributed by atoms with Crippen LogP contribution < -0.4 is 0 Å². The van der Waals surface area contributed by atoms with Gasteiger partial charge in [0.2, 0.25) is 0 Å². The lowest BCUT2D eigenvalue weighted by molar-refractivity contribution is 0.157. The maximum Gasteiger partial charge on any atom is 0.0627 e. The topological polar surface area (TPSA) is 35.8 Å². The summed E-state index contributed by atoms with van der Waals surface area (Å²) in [5.41, 5.74) is 1.000. The molecule has 3 heteroatoms. The van der Waals surface area contributed by atoms with E-state index in [9.17, 15) is 0 Å². The van der Waals surface area contributed by atoms with Crippen molar-refractivity contribution in [2.45, 2.75) is 52.5 Å². The molecule has 1 atom stereocenters. The highest BCUT2D eigenvalue weighted by Crippen LogP contribution is 2.21. The predicted octanol–water partition coefficient (Wildman–Crippen LogP) is 2.74. The highest BCUT2D eigenvalue weighted by molar-refractivity contribution is 5.87. The maximum atomic E-state index is 8.90. The Morgan fingerprint density at radius 1 is 1.40 bits per heavy atom. The van der Waals surface area contributed by atoms with E-state index < -0.39 is 0 Å². The van der Waals surface area contributed by atoms with Crippen molar-refractivity contribution in [3.05, 3.63) is 0 Å². The zero-order valence-corrected chi connectivity index (χ0v) is 10.2. The predicted molar refractivity (Wildman–Crippen MR) is 63.6 cm³/mol. The van der Waals surface area contributed by atoms with Crippen molar-refractivity contribution in [2.75, 3.05) is 13.1 Å². The first-order chi connectivity index (χ1) is 7.26. The van der Waals surface area contributed by atoms with Gasteiger partial charge in [0, 0.05) is 31.5 Å². The van der Waals surface area contributed by atoms with Crippen LogP contribution in [0.2, 0.25) is 0 Å². The van der Waals surface area contributed by atoms with Gasteiger partial charge < -0.3 is 5.21 Å². The van der Waals surface area contributed by atoms with E-state index in [0.29, 0.717) is 12.0 Å². The third-order valence-electron chi connectivity index (χ3n) is 3.66. The summed E-state index contributed by atoms with van der Waals surface area (Å²) in [5.74, 6) is 0.462. The van der Waals surface area contributed by atoms with Crippen LogP contribution in [0.15, 0.2) is 5.16 Å². The summed E-state index contributed by atoms with van der Waals surface area (Å²) in [6.45, 7) is 8.81. The molecule has 0 bridgehead atoms. The molecule has 1 heterocycles. The molecule has 0 aromatic rings. The number of piperidine rings is 1. The van der Waals surface area contributed by atoms with Crippen LogP contribution in [0.1, 0.15) is 46.5 Å². The van der Waals surface area contributed by atoms with Gasteiger partial charge in [0.15, 0.2) is 0 Å². The molecule has 1 rings (SSSR count). The van der Waals surface area contributed by atoms with Crippen LogP contribution in [0.3, 0.4) is 0 Å². The Balaban J connectivity index is 2.59. The first kappa shape index (κ1) is 12.5. The van der Waals surface area contributed by atoms with Crippen molar-refractivity contribution >= 4 is 5.71 Å². The van der Waals surface area contributed by atoms with E-state index in [0.717, 1.165) is 31.6 Å². The number of oxime groups is 1. The molecule has 0 radical (unpaired) electrons. The molecule has 1 aliphatic rings. The Bertz CT molecular complexity index is 212. The molecule has 1 fully saturated rings. The largest absolute Gasteiger partial charge is 0.411 e. The van der Waals surface area contributed by atoms with Gasteiger partial charge in [-0.3, -0.25) is 4.90 Å². The Hall–Kier alpha value is -0.570. The molecule has 1 saturated heterocycles. The highest BCUT2D eigenvalue weighted by Gasteiger charge is 2.27. The first-order valence-corrected chi connectivity index (χ1v) is 6.21. The van der Waals surface area contributed by atoms with Crippen molar-refractivity contribution in [1.29, 1.82) is 0 Å². The lowest BCUT2D eigenvalue weighted by Gasteiger charge is -2.37. The van der Waals surface area contributed by atoms with Gasteiger partial charge in [0.25, 0.3) is 0 Å². The third-order valence-corrected chi connectivity index (χ3v) is 3.66. The van der Waals surface area contributed by atoms with E-state index in [1.165, 1.54) is 12.8 Å². The second-order valence-corrected chi connectivity index (χ2v) is 4.41. The van der Waals surface area contributed by atoms with Crippen molar-refractivity contribution in [2.24, 2.45) is 11.1 Å². The van der Waals surface area contributed by atoms with Crippen LogP contribution in [0, 0.1) is 5.92 Å². The summed E-state index contributed by atoms with van der Waals surface area (Å²) < 4.78 is 0. The van der Waals surface area contributed by atoms with E-state index in [2.05, 4.69) is 30.8 Å². The number of hydrogen-bond acceptors (Lipinski definition) is 3. The van der Waals surface area contributed by atoms with Crippen molar-refractivity contribution in [3.8, 4) is 0 Å². The van der Waals surface area contributed by atoms with Gasteiger partial charge in [0.05, 0.1) is 5.71 Å². The SMILES string of the molecule is CCC1CN(C(CC)CC)CCC1=NO. The van der Waals surface area contributed by atoms with E-state index in [1.807, 2.05) is 0 Å². The Labute approximate surface area is 93.2 Å². The first-order valence-electron chi connectivity index (χ1n) is 6.21. The third kappa shape index (κ3) is 2.94. The molecule has 1 N–H and O–H groups in total. The van der Waals surface area contributed by atoms with Crippen molar-refractivity contribution < 1.29 is 5.21 Å². The molecular weight excluding hydrogens is 188 g/mol. The maximum absolute atomic E-state index is 8.90. The minimum Gasteiger partial charge on any atom is -0.411 e. The summed E-state index contributed by atoms with van der Waals surface area (Å²) in [4.78, 5) is 2.56. The van der Waals surface area contributed by atoms with Gasteiger partial charge in [-0.1, -0.05) is 25.9 Å². The zero-order chi connectivity index (χ0) is 11.3. The van der Waals surface area contributed by atoms with Crippen LogP contribution in [0.25, 0.3) is 0 Å². The lowest BCUT2D eigenvalue weighted by atomic mass is 9.91. The van der Waals surface area contributed by atoms with Crippen LogP contribution in [-0.4, -0.2) is 35.0 Å². The van der Waals surface area contributed by atoms with Gasteiger partial charge >= 0.3 is 0 Å². The second kappa shape index (κ2) is 6.11. The second-order valence-electron chi connectivity index (χ2n) is 4.41. The van der Waals surface area contributed by atoms with Crippen LogP contribution in [0.4, 0.5) is 0 Å². The number of rotatable bonds is 4. The van der Waals surface area contributed by atoms with Crippen LogP contribution >= 0.6 is 0 Å². The molecule has 0 saturated carbocycles. The molecule has 1 unspecified atom stereocenters. The Morgan fingerprint density at radius 2 is 2.07 bits per heavy atom. The molecule has 0 aliphatic carbocycles. The molecule has 15 heavy (non-hydrogen) atoms. The van der Waals surface area contributed by atoms with Gasteiger partial charge in [-0.2, -0.15) is 0 Å². The van der Waals surface area contributed by atoms with Crippen LogP contribution in [0.5, 0.6) is 0 Å². The molecular formula is C12H24N2O. The summed E-state index contributed by atoms with van der Waals surface area (Å²) in [7, 11) is 0. The molecule has 0 aromatic heterocycles. The van der Waals surface area contributed by atoms with E-state index in [-0.39, 0.29) is 0 Å². The fourth-order valence-electron chi connectivity index (χ4n) is 2.58. The smallest absolute Gasteiger partial charge is 0.0627 e. The number of nitrogens with zero attached hydrogens (tertiary/aromatic N) is 2. The van der Waals surface area contributed by atoms with Crippen molar-refractivity contribution in [3.63, 3.8) is 0 Å². The highest BCUT2D eigenvalue weighted by atomic mass is 16.4. The van der Waals surface area contributed by atoms with Gasteiger partial charge in [-0.05, 0) is 19.3 Å². The van der Waals surface area contributed by atoms with Gasteiger partial charge in [-0.15, -0.1) is 0 Å². The monoisotopic (exact) mass is 212 g/mol. The number of likely N-dealkylation sites (tertiary alicyclic amines) is 1. The molecule has 3 nitrogen and oxygen atoms in total. The van der Waals surface area contributed by atoms with E-state index >= 15 is 0 Å². The number of hydrogen-bond donors (Lipinski definition) is 1. The molecule has 0 spiro atoms.